The van der Waals surface area contributed by atoms with Crippen LogP contribution in [0.3, 0.4) is 0 Å². The first-order chi connectivity index (χ1) is 4.77. The normalized spacial score (nSPS) is 7.50. The summed E-state index contributed by atoms with van der Waals surface area (Å²) in [6, 6.07) is 0. The van der Waals surface area contributed by atoms with Crippen molar-refractivity contribution < 1.29 is 9.90 Å². The van der Waals surface area contributed by atoms with Crippen molar-refractivity contribution in [2.75, 3.05) is 13.6 Å². The maximum absolute atomic E-state index is 9.76. The van der Waals surface area contributed by atoms with Crippen molar-refractivity contribution >= 4 is 6.09 Å². The summed E-state index contributed by atoms with van der Waals surface area (Å²) < 4.78 is 0. The van der Waals surface area contributed by atoms with Crippen LogP contribution in [0.15, 0.2) is 0 Å². The summed E-state index contributed by atoms with van der Waals surface area (Å²) in [5, 5.41) is 10.3. The molecular formula is C6H16N2O2. The zero-order valence-electron chi connectivity index (χ0n) is 6.55. The van der Waals surface area contributed by atoms with Gasteiger partial charge in [-0.05, 0) is 13.5 Å². The monoisotopic (exact) mass is 148 g/mol. The molecule has 0 saturated carbocycles. The molecule has 0 aliphatic carbocycles. The molecule has 4 N–H and O–H groups in total. The molecule has 62 valence electrons. The first kappa shape index (κ1) is 12.0. The lowest BCUT2D eigenvalue weighted by Gasteiger charge is -1.94. The number of amides is 1. The number of rotatable bonds is 3. The molecule has 1 amide bonds. The van der Waals surface area contributed by atoms with E-state index in [2.05, 4.69) is 11.1 Å². The lowest BCUT2D eigenvalue weighted by Crippen LogP contribution is -2.21. The van der Waals surface area contributed by atoms with Gasteiger partial charge in [0.15, 0.2) is 0 Å². The van der Waals surface area contributed by atoms with Gasteiger partial charge in [-0.25, -0.2) is 4.79 Å². The Bertz CT molecular complexity index is 76.1. The fraction of sp³-hybridized carbons (Fsp3) is 0.833. The molecule has 0 atom stereocenters. The van der Waals surface area contributed by atoms with Gasteiger partial charge < -0.3 is 16.2 Å². The number of carboxylic acid groups (broad SMARTS) is 1. The molecule has 0 bridgehead atoms. The van der Waals surface area contributed by atoms with E-state index in [1.54, 1.807) is 0 Å². The van der Waals surface area contributed by atoms with Crippen molar-refractivity contribution in [3.8, 4) is 0 Å². The predicted molar refractivity (Wildman–Crippen MR) is 41.0 cm³/mol. The minimum atomic E-state index is -0.932. The van der Waals surface area contributed by atoms with E-state index in [1.165, 1.54) is 7.05 Å². The summed E-state index contributed by atoms with van der Waals surface area (Å²) in [5.74, 6) is 0. The highest BCUT2D eigenvalue weighted by Gasteiger charge is 1.88. The summed E-state index contributed by atoms with van der Waals surface area (Å²) in [5.41, 5.74) is 4.50. The summed E-state index contributed by atoms with van der Waals surface area (Å²) in [4.78, 5) is 9.76. The van der Waals surface area contributed by atoms with Gasteiger partial charge in [0.05, 0.1) is 0 Å². The van der Waals surface area contributed by atoms with Crippen LogP contribution >= 0.6 is 0 Å². The van der Waals surface area contributed by atoms with Crippen LogP contribution in [0.25, 0.3) is 0 Å². The lowest BCUT2D eigenvalue weighted by molar-refractivity contribution is 0.194. The minimum Gasteiger partial charge on any atom is -0.465 e. The molecule has 0 heterocycles. The average molecular weight is 148 g/mol. The minimum absolute atomic E-state index is 0.575. The van der Waals surface area contributed by atoms with Gasteiger partial charge in [-0.2, -0.15) is 0 Å². The van der Waals surface area contributed by atoms with Crippen LogP contribution in [0.4, 0.5) is 4.79 Å². The molecule has 0 saturated heterocycles. The van der Waals surface area contributed by atoms with Gasteiger partial charge >= 0.3 is 6.09 Å². The Morgan fingerprint density at radius 3 is 2.40 bits per heavy atom. The maximum Gasteiger partial charge on any atom is 0.404 e. The number of nitrogens with two attached hydrogens (primary N) is 1. The molecule has 0 aromatic rings. The molecule has 0 aliphatic heterocycles. The molecular weight excluding hydrogens is 132 g/mol. The lowest BCUT2D eigenvalue weighted by atomic mass is 10.3. The molecule has 0 unspecified atom stereocenters. The Kier molecular flexibility index (Phi) is 13.3. The second-order valence-electron chi connectivity index (χ2n) is 1.59. The first-order valence-corrected chi connectivity index (χ1v) is 3.32. The third-order valence-corrected chi connectivity index (χ3v) is 0.807. The van der Waals surface area contributed by atoms with E-state index in [1.807, 2.05) is 6.92 Å². The van der Waals surface area contributed by atoms with Gasteiger partial charge in [-0.3, -0.25) is 0 Å². The van der Waals surface area contributed by atoms with Gasteiger partial charge in [0.2, 0.25) is 0 Å². The molecule has 4 heteroatoms. The predicted octanol–water partition coefficient (Wildman–Crippen LogP) is 0.629. The van der Waals surface area contributed by atoms with Crippen molar-refractivity contribution in [3.63, 3.8) is 0 Å². The molecule has 0 aromatic carbocycles. The second kappa shape index (κ2) is 11.1. The summed E-state index contributed by atoms with van der Waals surface area (Å²) in [6.07, 6.45) is 1.02. The topological polar surface area (TPSA) is 75.3 Å². The molecule has 0 radical (unpaired) electrons. The van der Waals surface area contributed by atoms with Crippen LogP contribution in [-0.2, 0) is 0 Å². The number of carbonyl (C=O) groups is 1. The third-order valence-electron chi connectivity index (χ3n) is 0.807. The number of hydrogen-bond acceptors (Lipinski definition) is 2. The van der Waals surface area contributed by atoms with Crippen molar-refractivity contribution in [1.82, 2.24) is 5.32 Å². The molecule has 0 fully saturated rings. The highest BCUT2D eigenvalue weighted by molar-refractivity contribution is 5.64. The summed E-state index contributed by atoms with van der Waals surface area (Å²) >= 11 is 0. The Labute approximate surface area is 61.4 Å². The fourth-order valence-electron chi connectivity index (χ4n) is 0.372. The van der Waals surface area contributed by atoms with Crippen LogP contribution in [0.2, 0.25) is 0 Å². The van der Waals surface area contributed by atoms with Crippen LogP contribution in [-0.4, -0.2) is 24.8 Å². The van der Waals surface area contributed by atoms with Crippen molar-refractivity contribution in [2.24, 2.45) is 5.73 Å². The van der Waals surface area contributed by atoms with Crippen LogP contribution in [0.5, 0.6) is 0 Å². The van der Waals surface area contributed by atoms with E-state index in [0.717, 1.165) is 12.8 Å². The van der Waals surface area contributed by atoms with Crippen LogP contribution < -0.4 is 11.1 Å². The molecule has 0 aliphatic rings. The smallest absolute Gasteiger partial charge is 0.404 e. The highest BCUT2D eigenvalue weighted by Crippen LogP contribution is 1.80. The van der Waals surface area contributed by atoms with E-state index in [9.17, 15) is 4.79 Å². The van der Waals surface area contributed by atoms with Crippen LogP contribution in [0, 0.1) is 0 Å². The molecule has 0 spiro atoms. The number of unbranched alkanes of at least 4 members (excludes halogenated alkanes) is 1. The Balaban J connectivity index is 0. The average Bonchev–Trinajstić information content (AvgIpc) is 1.92. The second-order valence-corrected chi connectivity index (χ2v) is 1.59. The number of nitrogens with one attached hydrogen (secondary N) is 1. The molecule has 0 aromatic heterocycles. The van der Waals surface area contributed by atoms with Crippen molar-refractivity contribution in [3.05, 3.63) is 0 Å². The highest BCUT2D eigenvalue weighted by atomic mass is 16.4. The van der Waals surface area contributed by atoms with E-state index in [0.29, 0.717) is 6.54 Å². The third kappa shape index (κ3) is 15.7. The SMILES string of the molecule is CCCCNC(=O)O.CN. The van der Waals surface area contributed by atoms with E-state index < -0.39 is 6.09 Å². The van der Waals surface area contributed by atoms with Gasteiger partial charge in [0.25, 0.3) is 0 Å². The summed E-state index contributed by atoms with van der Waals surface area (Å²) in [6.45, 7) is 2.59. The maximum atomic E-state index is 9.76. The first-order valence-electron chi connectivity index (χ1n) is 3.32. The molecule has 10 heavy (non-hydrogen) atoms. The Morgan fingerprint density at radius 1 is 1.60 bits per heavy atom. The quantitative estimate of drug-likeness (QED) is 0.514. The van der Waals surface area contributed by atoms with Crippen molar-refractivity contribution in [2.45, 2.75) is 19.8 Å². The van der Waals surface area contributed by atoms with Gasteiger partial charge in [0.1, 0.15) is 0 Å². The summed E-state index contributed by atoms with van der Waals surface area (Å²) in [7, 11) is 1.50. The number of hydrogen-bond donors (Lipinski definition) is 3. The van der Waals surface area contributed by atoms with E-state index in [-0.39, 0.29) is 0 Å². The zero-order chi connectivity index (χ0) is 8.41. The van der Waals surface area contributed by atoms with Gasteiger partial charge in [0, 0.05) is 6.54 Å². The van der Waals surface area contributed by atoms with Gasteiger partial charge in [-0.15, -0.1) is 0 Å². The molecule has 0 rings (SSSR count). The van der Waals surface area contributed by atoms with Crippen molar-refractivity contribution in [1.29, 1.82) is 0 Å². The van der Waals surface area contributed by atoms with Gasteiger partial charge in [-0.1, -0.05) is 13.3 Å². The Hall–Kier alpha value is -0.770. The zero-order valence-corrected chi connectivity index (χ0v) is 6.55. The fourth-order valence-corrected chi connectivity index (χ4v) is 0.372. The van der Waals surface area contributed by atoms with E-state index in [4.69, 9.17) is 5.11 Å². The van der Waals surface area contributed by atoms with Crippen LogP contribution in [0.1, 0.15) is 19.8 Å². The molecule has 4 nitrogen and oxygen atoms in total. The van der Waals surface area contributed by atoms with E-state index >= 15 is 0 Å². The largest absolute Gasteiger partial charge is 0.465 e. The standard InChI is InChI=1S/C5H11NO2.CH5N/c1-2-3-4-6-5(7)8;1-2/h6H,2-4H2,1H3,(H,7,8);2H2,1H3. The Morgan fingerprint density at radius 2 is 2.10 bits per heavy atom.